The van der Waals surface area contributed by atoms with Gasteiger partial charge in [0.1, 0.15) is 5.82 Å². The Labute approximate surface area is 195 Å². The molecular formula is C24H22F4N2O3S. The van der Waals surface area contributed by atoms with E-state index in [1.54, 1.807) is 37.3 Å². The number of carbonyl (C=O) groups excluding carboxylic acids is 1. The van der Waals surface area contributed by atoms with Gasteiger partial charge in [-0.2, -0.15) is 17.5 Å². The molecule has 3 aromatic rings. The topological polar surface area (TPSA) is 66.5 Å². The summed E-state index contributed by atoms with van der Waals surface area (Å²) in [5.41, 5.74) is -0.262. The highest BCUT2D eigenvalue weighted by atomic mass is 32.2. The number of carbonyl (C=O) groups is 1. The number of halogens is 4. The van der Waals surface area contributed by atoms with Crippen molar-refractivity contribution in [3.8, 4) is 0 Å². The fourth-order valence-corrected chi connectivity index (χ4v) is 4.95. The Hall–Kier alpha value is -3.24. The molecule has 0 spiro atoms. The van der Waals surface area contributed by atoms with Crippen LogP contribution in [0.4, 0.5) is 17.6 Å². The van der Waals surface area contributed by atoms with Gasteiger partial charge < -0.3 is 5.32 Å². The maximum absolute atomic E-state index is 13.5. The van der Waals surface area contributed by atoms with E-state index in [1.807, 2.05) is 0 Å². The number of sulfonamides is 1. The molecule has 0 saturated heterocycles. The fraction of sp³-hybridized carbons (Fsp3) is 0.208. The molecule has 0 fully saturated rings. The van der Waals surface area contributed by atoms with Gasteiger partial charge in [0.15, 0.2) is 0 Å². The number of nitrogens with one attached hydrogen (secondary N) is 1. The van der Waals surface area contributed by atoms with Gasteiger partial charge in [0, 0.05) is 6.54 Å². The molecule has 3 aromatic carbocycles. The predicted molar refractivity (Wildman–Crippen MR) is 118 cm³/mol. The summed E-state index contributed by atoms with van der Waals surface area (Å²) in [6.45, 7) is 0.538. The van der Waals surface area contributed by atoms with Gasteiger partial charge in [0.25, 0.3) is 0 Å². The summed E-state index contributed by atoms with van der Waals surface area (Å²) in [4.78, 5) is 11.8. The molecule has 0 saturated carbocycles. The van der Waals surface area contributed by atoms with Crippen molar-refractivity contribution in [2.24, 2.45) is 0 Å². The van der Waals surface area contributed by atoms with Crippen molar-refractivity contribution >= 4 is 15.9 Å². The van der Waals surface area contributed by atoms with Crippen LogP contribution in [0.2, 0.25) is 0 Å². The Morgan fingerprint density at radius 3 is 2.15 bits per heavy atom. The third-order valence-corrected chi connectivity index (χ3v) is 6.93. The SMILES string of the molecule is C[C@H](NC(=O)CN(Cc1ccc(F)cc1)S(=O)(=O)c1ccccc1C(F)(F)F)c1ccccc1. The smallest absolute Gasteiger partial charge is 0.348 e. The maximum Gasteiger partial charge on any atom is 0.417 e. The molecule has 1 atom stereocenters. The normalized spacial score (nSPS) is 13.0. The molecule has 0 radical (unpaired) electrons. The Morgan fingerprint density at radius 1 is 0.941 bits per heavy atom. The second-order valence-electron chi connectivity index (χ2n) is 7.59. The zero-order chi connectivity index (χ0) is 24.9. The fourth-order valence-electron chi connectivity index (χ4n) is 3.36. The van der Waals surface area contributed by atoms with Crippen LogP contribution in [0.3, 0.4) is 0 Å². The summed E-state index contributed by atoms with van der Waals surface area (Å²) in [6, 6.07) is 17.0. The number of benzene rings is 3. The zero-order valence-electron chi connectivity index (χ0n) is 18.1. The lowest BCUT2D eigenvalue weighted by atomic mass is 10.1. The molecule has 0 heterocycles. The summed E-state index contributed by atoms with van der Waals surface area (Å²) in [5, 5.41) is 2.66. The van der Waals surface area contributed by atoms with Crippen molar-refractivity contribution in [2.75, 3.05) is 6.54 Å². The standard InChI is InChI=1S/C24H22F4N2O3S/c1-17(19-7-3-2-4-8-19)29-23(31)16-30(15-18-11-13-20(25)14-12-18)34(32,33)22-10-6-5-9-21(22)24(26,27)28/h2-14,17H,15-16H2,1H3,(H,29,31)/t17-/m0/s1. The molecule has 0 aromatic heterocycles. The van der Waals surface area contributed by atoms with E-state index in [4.69, 9.17) is 0 Å². The molecule has 3 rings (SSSR count). The summed E-state index contributed by atoms with van der Waals surface area (Å²) in [6.07, 6.45) is -4.92. The second kappa shape index (κ2) is 10.4. The van der Waals surface area contributed by atoms with Crippen LogP contribution < -0.4 is 5.32 Å². The number of rotatable bonds is 8. The average molecular weight is 495 g/mol. The van der Waals surface area contributed by atoms with Crippen LogP contribution >= 0.6 is 0 Å². The van der Waals surface area contributed by atoms with Crippen LogP contribution in [-0.4, -0.2) is 25.2 Å². The van der Waals surface area contributed by atoms with Gasteiger partial charge in [-0.25, -0.2) is 12.8 Å². The molecule has 34 heavy (non-hydrogen) atoms. The molecular weight excluding hydrogens is 472 g/mol. The van der Waals surface area contributed by atoms with E-state index in [2.05, 4.69) is 5.32 Å². The van der Waals surface area contributed by atoms with Crippen molar-refractivity contribution in [2.45, 2.75) is 30.6 Å². The number of hydrogen-bond donors (Lipinski definition) is 1. The number of alkyl halides is 3. The summed E-state index contributed by atoms with van der Waals surface area (Å²) >= 11 is 0. The first-order valence-electron chi connectivity index (χ1n) is 10.2. The van der Waals surface area contributed by atoms with E-state index < -0.39 is 57.5 Å². The van der Waals surface area contributed by atoms with E-state index in [0.29, 0.717) is 15.9 Å². The van der Waals surface area contributed by atoms with E-state index >= 15 is 0 Å². The number of nitrogens with zero attached hydrogens (tertiary/aromatic N) is 1. The van der Waals surface area contributed by atoms with Gasteiger partial charge in [-0.05, 0) is 42.3 Å². The second-order valence-corrected chi connectivity index (χ2v) is 9.50. The van der Waals surface area contributed by atoms with Crippen molar-refractivity contribution < 1.29 is 30.8 Å². The quantitative estimate of drug-likeness (QED) is 0.453. The lowest BCUT2D eigenvalue weighted by molar-refractivity contribution is -0.139. The first-order chi connectivity index (χ1) is 16.0. The molecule has 180 valence electrons. The van der Waals surface area contributed by atoms with Gasteiger partial charge in [-0.1, -0.05) is 54.6 Å². The lowest BCUT2D eigenvalue weighted by Crippen LogP contribution is -2.41. The lowest BCUT2D eigenvalue weighted by Gasteiger charge is -2.25. The molecule has 0 aliphatic rings. The minimum Gasteiger partial charge on any atom is -0.348 e. The largest absolute Gasteiger partial charge is 0.417 e. The van der Waals surface area contributed by atoms with Crippen molar-refractivity contribution in [1.29, 1.82) is 0 Å². The van der Waals surface area contributed by atoms with Crippen LogP contribution in [0.15, 0.2) is 83.8 Å². The predicted octanol–water partition coefficient (Wildman–Crippen LogP) is 4.91. The van der Waals surface area contributed by atoms with E-state index in [-0.39, 0.29) is 0 Å². The van der Waals surface area contributed by atoms with Crippen LogP contribution in [0.1, 0.15) is 29.7 Å². The monoisotopic (exact) mass is 494 g/mol. The number of amides is 1. The van der Waals surface area contributed by atoms with Crippen molar-refractivity contribution in [3.05, 3.63) is 101 Å². The first-order valence-corrected chi connectivity index (χ1v) is 11.7. The minimum atomic E-state index is -4.92. The van der Waals surface area contributed by atoms with E-state index in [9.17, 15) is 30.8 Å². The molecule has 0 aliphatic carbocycles. The Morgan fingerprint density at radius 2 is 1.53 bits per heavy atom. The molecule has 0 bridgehead atoms. The van der Waals surface area contributed by atoms with Crippen LogP contribution in [-0.2, 0) is 27.5 Å². The van der Waals surface area contributed by atoms with Gasteiger partial charge >= 0.3 is 6.18 Å². The van der Waals surface area contributed by atoms with Gasteiger partial charge in [0.2, 0.25) is 15.9 Å². The van der Waals surface area contributed by atoms with Crippen LogP contribution in [0, 0.1) is 5.82 Å². The highest BCUT2D eigenvalue weighted by Crippen LogP contribution is 2.35. The molecule has 10 heteroatoms. The third-order valence-electron chi connectivity index (χ3n) is 5.08. The van der Waals surface area contributed by atoms with Gasteiger partial charge in [-0.15, -0.1) is 0 Å². The third kappa shape index (κ3) is 6.21. The highest BCUT2D eigenvalue weighted by Gasteiger charge is 2.39. The van der Waals surface area contributed by atoms with Crippen molar-refractivity contribution in [3.63, 3.8) is 0 Å². The summed E-state index contributed by atoms with van der Waals surface area (Å²) < 4.78 is 81.2. The molecule has 0 aliphatic heterocycles. The Kier molecular flexibility index (Phi) is 7.73. The van der Waals surface area contributed by atoms with Crippen LogP contribution in [0.5, 0.6) is 0 Å². The number of hydrogen-bond acceptors (Lipinski definition) is 3. The molecule has 5 nitrogen and oxygen atoms in total. The minimum absolute atomic E-state index is 0.304. The van der Waals surface area contributed by atoms with E-state index in [1.165, 1.54) is 18.2 Å². The van der Waals surface area contributed by atoms with Gasteiger partial charge in [0.05, 0.1) is 23.0 Å². The van der Waals surface area contributed by atoms with Gasteiger partial charge in [-0.3, -0.25) is 4.79 Å². The van der Waals surface area contributed by atoms with Crippen molar-refractivity contribution in [1.82, 2.24) is 9.62 Å². The summed E-state index contributed by atoms with van der Waals surface area (Å²) in [5.74, 6) is -1.26. The van der Waals surface area contributed by atoms with E-state index in [0.717, 1.165) is 29.8 Å². The van der Waals surface area contributed by atoms with Crippen LogP contribution in [0.25, 0.3) is 0 Å². The molecule has 0 unspecified atom stereocenters. The zero-order valence-corrected chi connectivity index (χ0v) is 18.9. The Bertz CT molecular complexity index is 1230. The maximum atomic E-state index is 13.5. The average Bonchev–Trinajstić information content (AvgIpc) is 2.80. The first kappa shape index (κ1) is 25.4. The Balaban J connectivity index is 1.94. The molecule has 1 amide bonds. The molecule has 1 N–H and O–H groups in total. The highest BCUT2D eigenvalue weighted by molar-refractivity contribution is 7.89. The summed E-state index contributed by atoms with van der Waals surface area (Å²) in [7, 11) is -4.76.